The molecule has 0 bridgehead atoms. The summed E-state index contributed by atoms with van der Waals surface area (Å²) in [4.78, 5) is 2.36. The Kier molecular flexibility index (Phi) is 3.93. The normalized spacial score (nSPS) is 26.1. The number of hydrogen-bond acceptors (Lipinski definition) is 3. The van der Waals surface area contributed by atoms with Gasteiger partial charge in [-0.1, -0.05) is 30.3 Å². The van der Waals surface area contributed by atoms with Crippen LogP contribution in [-0.4, -0.2) is 36.7 Å². The standard InChI is InChI=1S/C13H20N2O/c1-2-16-13-10-15(9-12(13)14)8-11-6-4-3-5-7-11/h3-7,12-13H,2,8-10,14H2,1H3/t12-,13-/m1/s1. The van der Waals surface area contributed by atoms with Gasteiger partial charge in [-0.25, -0.2) is 0 Å². The molecule has 2 N–H and O–H groups in total. The van der Waals surface area contributed by atoms with Gasteiger partial charge in [0.15, 0.2) is 0 Å². The van der Waals surface area contributed by atoms with Crippen LogP contribution in [-0.2, 0) is 11.3 Å². The van der Waals surface area contributed by atoms with E-state index in [0.717, 1.165) is 26.2 Å². The third-order valence-electron chi connectivity index (χ3n) is 3.01. The summed E-state index contributed by atoms with van der Waals surface area (Å²) in [7, 11) is 0. The summed E-state index contributed by atoms with van der Waals surface area (Å²) >= 11 is 0. The first kappa shape index (κ1) is 11.6. The molecule has 0 aliphatic carbocycles. The third kappa shape index (κ3) is 2.82. The highest BCUT2D eigenvalue weighted by Crippen LogP contribution is 2.15. The number of nitrogens with zero attached hydrogens (tertiary/aromatic N) is 1. The molecular formula is C13H20N2O. The van der Waals surface area contributed by atoms with Gasteiger partial charge in [-0.2, -0.15) is 0 Å². The predicted molar refractivity (Wildman–Crippen MR) is 65.1 cm³/mol. The number of hydrogen-bond donors (Lipinski definition) is 1. The summed E-state index contributed by atoms with van der Waals surface area (Å²) in [6, 6.07) is 10.7. The van der Waals surface area contributed by atoms with Crippen molar-refractivity contribution >= 4 is 0 Å². The maximum Gasteiger partial charge on any atom is 0.0864 e. The van der Waals surface area contributed by atoms with Crippen LogP contribution in [0.4, 0.5) is 0 Å². The van der Waals surface area contributed by atoms with E-state index in [-0.39, 0.29) is 12.1 Å². The molecule has 88 valence electrons. The van der Waals surface area contributed by atoms with Gasteiger partial charge in [-0.05, 0) is 12.5 Å². The monoisotopic (exact) mass is 220 g/mol. The molecule has 3 nitrogen and oxygen atoms in total. The van der Waals surface area contributed by atoms with E-state index in [4.69, 9.17) is 10.5 Å². The maximum atomic E-state index is 6.04. The summed E-state index contributed by atoms with van der Waals surface area (Å²) in [5.74, 6) is 0. The van der Waals surface area contributed by atoms with Gasteiger partial charge in [-0.15, -0.1) is 0 Å². The second kappa shape index (κ2) is 5.43. The fourth-order valence-electron chi connectivity index (χ4n) is 2.24. The van der Waals surface area contributed by atoms with Gasteiger partial charge in [0.2, 0.25) is 0 Å². The van der Waals surface area contributed by atoms with Gasteiger partial charge in [0.25, 0.3) is 0 Å². The van der Waals surface area contributed by atoms with Crippen molar-refractivity contribution in [3.63, 3.8) is 0 Å². The van der Waals surface area contributed by atoms with Gasteiger partial charge in [0.05, 0.1) is 6.10 Å². The Balaban J connectivity index is 1.89. The quantitative estimate of drug-likeness (QED) is 0.829. The van der Waals surface area contributed by atoms with Crippen molar-refractivity contribution in [3.8, 4) is 0 Å². The van der Waals surface area contributed by atoms with Crippen molar-refractivity contribution in [1.29, 1.82) is 0 Å². The van der Waals surface area contributed by atoms with E-state index in [1.807, 2.05) is 13.0 Å². The highest BCUT2D eigenvalue weighted by atomic mass is 16.5. The molecule has 0 spiro atoms. The molecule has 0 saturated carbocycles. The van der Waals surface area contributed by atoms with Crippen LogP contribution >= 0.6 is 0 Å². The zero-order valence-electron chi connectivity index (χ0n) is 9.80. The van der Waals surface area contributed by atoms with Crippen LogP contribution in [0.15, 0.2) is 30.3 Å². The minimum Gasteiger partial charge on any atom is -0.376 e. The number of rotatable bonds is 4. The average Bonchev–Trinajstić information content (AvgIpc) is 2.61. The molecule has 0 amide bonds. The number of ether oxygens (including phenoxy) is 1. The first-order valence-electron chi connectivity index (χ1n) is 5.93. The SMILES string of the molecule is CCO[C@@H]1CN(Cc2ccccc2)C[C@H]1N. The van der Waals surface area contributed by atoms with Crippen molar-refractivity contribution in [3.05, 3.63) is 35.9 Å². The van der Waals surface area contributed by atoms with Crippen LogP contribution in [0.5, 0.6) is 0 Å². The van der Waals surface area contributed by atoms with Crippen LogP contribution in [0.2, 0.25) is 0 Å². The van der Waals surface area contributed by atoms with Gasteiger partial charge >= 0.3 is 0 Å². The molecule has 3 heteroatoms. The van der Waals surface area contributed by atoms with Crippen LogP contribution in [0, 0.1) is 0 Å². The molecule has 1 saturated heterocycles. The zero-order valence-corrected chi connectivity index (χ0v) is 9.80. The Bertz CT molecular complexity index is 315. The molecule has 16 heavy (non-hydrogen) atoms. The maximum absolute atomic E-state index is 6.04. The predicted octanol–water partition coefficient (Wildman–Crippen LogP) is 1.23. The van der Waals surface area contributed by atoms with E-state index in [1.54, 1.807) is 0 Å². The smallest absolute Gasteiger partial charge is 0.0864 e. The first-order valence-corrected chi connectivity index (χ1v) is 5.93. The molecule has 2 rings (SSSR count). The molecule has 2 atom stereocenters. The average molecular weight is 220 g/mol. The van der Waals surface area contributed by atoms with E-state index in [1.165, 1.54) is 5.56 Å². The molecule has 0 radical (unpaired) electrons. The van der Waals surface area contributed by atoms with Gasteiger partial charge < -0.3 is 10.5 Å². The van der Waals surface area contributed by atoms with E-state index < -0.39 is 0 Å². The Hall–Kier alpha value is -0.900. The van der Waals surface area contributed by atoms with E-state index in [2.05, 4.69) is 29.2 Å². The lowest BCUT2D eigenvalue weighted by molar-refractivity contribution is 0.0599. The van der Waals surface area contributed by atoms with Crippen molar-refractivity contribution in [2.45, 2.75) is 25.6 Å². The first-order chi connectivity index (χ1) is 7.79. The van der Waals surface area contributed by atoms with Gasteiger partial charge in [0.1, 0.15) is 0 Å². The lowest BCUT2D eigenvalue weighted by Gasteiger charge is -2.15. The largest absolute Gasteiger partial charge is 0.376 e. The number of benzene rings is 1. The molecule has 1 aliphatic heterocycles. The van der Waals surface area contributed by atoms with Crippen LogP contribution in [0.1, 0.15) is 12.5 Å². The highest BCUT2D eigenvalue weighted by molar-refractivity contribution is 5.14. The molecule has 1 fully saturated rings. The van der Waals surface area contributed by atoms with Crippen molar-refractivity contribution in [1.82, 2.24) is 4.90 Å². The topological polar surface area (TPSA) is 38.5 Å². The molecule has 0 unspecified atom stereocenters. The Labute approximate surface area is 97.2 Å². The third-order valence-corrected chi connectivity index (χ3v) is 3.01. The summed E-state index contributed by atoms with van der Waals surface area (Å²) in [6.45, 7) is 5.62. The van der Waals surface area contributed by atoms with Crippen LogP contribution < -0.4 is 5.73 Å². The molecule has 1 heterocycles. The molecule has 0 aromatic heterocycles. The van der Waals surface area contributed by atoms with Crippen molar-refractivity contribution in [2.24, 2.45) is 5.73 Å². The number of likely N-dealkylation sites (tertiary alicyclic amines) is 1. The summed E-state index contributed by atoms with van der Waals surface area (Å²) in [6.07, 6.45) is 0.203. The fourth-order valence-corrected chi connectivity index (χ4v) is 2.24. The summed E-state index contributed by atoms with van der Waals surface area (Å²) < 4.78 is 5.62. The summed E-state index contributed by atoms with van der Waals surface area (Å²) in [5.41, 5.74) is 7.38. The second-order valence-electron chi connectivity index (χ2n) is 4.34. The minimum atomic E-state index is 0.156. The Morgan fingerprint density at radius 2 is 2.06 bits per heavy atom. The zero-order chi connectivity index (χ0) is 11.4. The van der Waals surface area contributed by atoms with E-state index in [9.17, 15) is 0 Å². The lowest BCUT2D eigenvalue weighted by Crippen LogP contribution is -2.35. The fraction of sp³-hybridized carbons (Fsp3) is 0.538. The molecule has 1 aliphatic rings. The summed E-state index contributed by atoms with van der Waals surface area (Å²) in [5, 5.41) is 0. The molecular weight excluding hydrogens is 200 g/mol. The van der Waals surface area contributed by atoms with Crippen molar-refractivity contribution in [2.75, 3.05) is 19.7 Å². The number of nitrogens with two attached hydrogens (primary N) is 1. The second-order valence-corrected chi connectivity index (χ2v) is 4.34. The Morgan fingerprint density at radius 1 is 1.31 bits per heavy atom. The van der Waals surface area contributed by atoms with Gasteiger partial charge in [0, 0.05) is 32.3 Å². The molecule has 1 aromatic carbocycles. The lowest BCUT2D eigenvalue weighted by atomic mass is 10.2. The Morgan fingerprint density at radius 3 is 2.75 bits per heavy atom. The van der Waals surface area contributed by atoms with Crippen LogP contribution in [0.25, 0.3) is 0 Å². The van der Waals surface area contributed by atoms with E-state index in [0.29, 0.717) is 0 Å². The highest BCUT2D eigenvalue weighted by Gasteiger charge is 2.30. The van der Waals surface area contributed by atoms with Gasteiger partial charge in [-0.3, -0.25) is 4.90 Å². The van der Waals surface area contributed by atoms with E-state index >= 15 is 0 Å². The molecule has 1 aromatic rings. The van der Waals surface area contributed by atoms with Crippen molar-refractivity contribution < 1.29 is 4.74 Å². The minimum absolute atomic E-state index is 0.156. The van der Waals surface area contributed by atoms with Crippen LogP contribution in [0.3, 0.4) is 0 Å².